The number of alkyl halides is 3. The third-order valence-corrected chi connectivity index (χ3v) is 2.91. The SMILES string of the molecule is NNc1ncc(Br)c(Nc2cccc(C(F)(F)F)c2)n1. The Hall–Kier alpha value is -1.87. The summed E-state index contributed by atoms with van der Waals surface area (Å²) in [4.78, 5) is 7.83. The molecule has 4 N–H and O–H groups in total. The van der Waals surface area contributed by atoms with E-state index in [1.165, 1.54) is 18.3 Å². The minimum atomic E-state index is -4.40. The van der Waals surface area contributed by atoms with Gasteiger partial charge in [0.25, 0.3) is 0 Å². The van der Waals surface area contributed by atoms with E-state index >= 15 is 0 Å². The molecular weight excluding hydrogens is 339 g/mol. The van der Waals surface area contributed by atoms with Crippen molar-refractivity contribution in [3.63, 3.8) is 0 Å². The van der Waals surface area contributed by atoms with E-state index in [4.69, 9.17) is 5.84 Å². The highest BCUT2D eigenvalue weighted by Gasteiger charge is 2.30. The monoisotopic (exact) mass is 347 g/mol. The first-order valence-electron chi connectivity index (χ1n) is 5.33. The van der Waals surface area contributed by atoms with Gasteiger partial charge in [-0.25, -0.2) is 10.8 Å². The van der Waals surface area contributed by atoms with Gasteiger partial charge in [-0.1, -0.05) is 6.07 Å². The van der Waals surface area contributed by atoms with Gasteiger partial charge in [0.1, 0.15) is 5.82 Å². The van der Waals surface area contributed by atoms with Gasteiger partial charge in [-0.05, 0) is 34.1 Å². The van der Waals surface area contributed by atoms with E-state index in [9.17, 15) is 13.2 Å². The number of benzene rings is 1. The molecule has 1 aromatic carbocycles. The summed E-state index contributed by atoms with van der Waals surface area (Å²) in [6, 6.07) is 4.79. The molecule has 0 aliphatic carbocycles. The van der Waals surface area contributed by atoms with Crippen molar-refractivity contribution in [2.24, 2.45) is 5.84 Å². The number of nitrogens with one attached hydrogen (secondary N) is 2. The number of halogens is 4. The maximum atomic E-state index is 12.6. The molecule has 106 valence electrons. The third-order valence-electron chi connectivity index (χ3n) is 2.33. The zero-order valence-corrected chi connectivity index (χ0v) is 11.5. The van der Waals surface area contributed by atoms with Crippen LogP contribution in [0.4, 0.5) is 30.6 Å². The second kappa shape index (κ2) is 5.63. The second-order valence-electron chi connectivity index (χ2n) is 3.74. The molecule has 0 unspecified atom stereocenters. The lowest BCUT2D eigenvalue weighted by atomic mass is 10.2. The van der Waals surface area contributed by atoms with E-state index in [1.54, 1.807) is 0 Å². The summed E-state index contributed by atoms with van der Waals surface area (Å²) in [5, 5.41) is 2.77. The van der Waals surface area contributed by atoms with Crippen LogP contribution in [0.5, 0.6) is 0 Å². The fourth-order valence-corrected chi connectivity index (χ4v) is 1.72. The zero-order valence-electron chi connectivity index (χ0n) is 9.87. The molecule has 1 heterocycles. The molecule has 0 saturated carbocycles. The van der Waals surface area contributed by atoms with Crippen LogP contribution in [0.3, 0.4) is 0 Å². The molecular formula is C11H9BrF3N5. The van der Waals surface area contributed by atoms with Gasteiger partial charge in [0.15, 0.2) is 0 Å². The van der Waals surface area contributed by atoms with E-state index in [0.29, 0.717) is 10.3 Å². The van der Waals surface area contributed by atoms with E-state index in [1.807, 2.05) is 0 Å². The van der Waals surface area contributed by atoms with Crippen molar-refractivity contribution in [2.45, 2.75) is 6.18 Å². The summed E-state index contributed by atoms with van der Waals surface area (Å²) in [6.45, 7) is 0. The molecule has 0 atom stereocenters. The fourth-order valence-electron chi connectivity index (χ4n) is 1.43. The largest absolute Gasteiger partial charge is 0.416 e. The average Bonchev–Trinajstić information content (AvgIpc) is 2.41. The number of aromatic nitrogens is 2. The van der Waals surface area contributed by atoms with Crippen LogP contribution < -0.4 is 16.6 Å². The van der Waals surface area contributed by atoms with Crippen molar-refractivity contribution in [1.82, 2.24) is 9.97 Å². The van der Waals surface area contributed by atoms with Gasteiger partial charge in [0.2, 0.25) is 5.95 Å². The second-order valence-corrected chi connectivity index (χ2v) is 4.59. The van der Waals surface area contributed by atoms with Crippen molar-refractivity contribution in [3.8, 4) is 0 Å². The molecule has 0 bridgehead atoms. The lowest BCUT2D eigenvalue weighted by molar-refractivity contribution is -0.137. The summed E-state index contributed by atoms with van der Waals surface area (Å²) in [7, 11) is 0. The van der Waals surface area contributed by atoms with Crippen LogP contribution in [0.15, 0.2) is 34.9 Å². The summed E-state index contributed by atoms with van der Waals surface area (Å²) in [5.41, 5.74) is 1.76. The molecule has 0 spiro atoms. The Labute approximate surface area is 120 Å². The highest BCUT2D eigenvalue weighted by atomic mass is 79.9. The Morgan fingerprint density at radius 1 is 1.25 bits per heavy atom. The molecule has 9 heteroatoms. The first-order valence-corrected chi connectivity index (χ1v) is 6.13. The number of nitrogens with two attached hydrogens (primary N) is 1. The summed E-state index contributed by atoms with van der Waals surface area (Å²) < 4.78 is 38.3. The lowest BCUT2D eigenvalue weighted by Crippen LogP contribution is -2.11. The van der Waals surface area contributed by atoms with E-state index in [0.717, 1.165) is 12.1 Å². The molecule has 0 amide bonds. The molecule has 0 fully saturated rings. The van der Waals surface area contributed by atoms with Gasteiger partial charge in [-0.15, -0.1) is 0 Å². The average molecular weight is 348 g/mol. The van der Waals surface area contributed by atoms with E-state index in [-0.39, 0.29) is 11.6 Å². The summed E-state index contributed by atoms with van der Waals surface area (Å²) in [5.74, 6) is 5.62. The molecule has 0 aliphatic heterocycles. The van der Waals surface area contributed by atoms with Gasteiger partial charge in [0, 0.05) is 11.9 Å². The molecule has 1 aromatic heterocycles. The number of rotatable bonds is 3. The molecule has 0 saturated heterocycles. The number of nitrogens with zero attached hydrogens (tertiary/aromatic N) is 2. The Balaban J connectivity index is 2.30. The molecule has 0 radical (unpaired) electrons. The molecule has 0 aliphatic rings. The normalized spacial score (nSPS) is 11.2. The number of hydrogen-bond donors (Lipinski definition) is 3. The first-order chi connectivity index (χ1) is 9.40. The maximum absolute atomic E-state index is 12.6. The van der Waals surface area contributed by atoms with E-state index < -0.39 is 11.7 Å². The van der Waals surface area contributed by atoms with Gasteiger partial charge in [0.05, 0.1) is 10.0 Å². The van der Waals surface area contributed by atoms with Crippen LogP contribution in [0.2, 0.25) is 0 Å². The first kappa shape index (κ1) is 14.5. The highest BCUT2D eigenvalue weighted by molar-refractivity contribution is 9.10. The molecule has 5 nitrogen and oxygen atoms in total. The zero-order chi connectivity index (χ0) is 14.8. The standard InChI is InChI=1S/C11H9BrF3N5/c12-8-5-17-10(20-16)19-9(8)18-7-3-1-2-6(4-7)11(13,14)15/h1-5H,16H2,(H2,17,18,19,20). The van der Waals surface area contributed by atoms with E-state index in [2.05, 4.69) is 36.6 Å². The fraction of sp³-hybridized carbons (Fsp3) is 0.0909. The molecule has 20 heavy (non-hydrogen) atoms. The lowest BCUT2D eigenvalue weighted by Gasteiger charge is -2.11. The van der Waals surface area contributed by atoms with Crippen LogP contribution in [0, 0.1) is 0 Å². The summed E-state index contributed by atoms with van der Waals surface area (Å²) >= 11 is 3.20. The smallest absolute Gasteiger partial charge is 0.339 e. The van der Waals surface area contributed by atoms with Crippen molar-refractivity contribution in [1.29, 1.82) is 0 Å². The Morgan fingerprint density at radius 3 is 2.65 bits per heavy atom. The van der Waals surface area contributed by atoms with Gasteiger partial charge in [-0.2, -0.15) is 18.2 Å². The van der Waals surface area contributed by atoms with Crippen molar-refractivity contribution in [2.75, 3.05) is 10.7 Å². The highest BCUT2D eigenvalue weighted by Crippen LogP contribution is 2.32. The minimum Gasteiger partial charge on any atom is -0.339 e. The van der Waals surface area contributed by atoms with Crippen LogP contribution in [0.1, 0.15) is 5.56 Å². The van der Waals surface area contributed by atoms with Gasteiger partial charge < -0.3 is 5.32 Å². The van der Waals surface area contributed by atoms with Gasteiger partial charge >= 0.3 is 6.18 Å². The predicted octanol–water partition coefficient (Wildman–Crippen LogP) is 3.29. The van der Waals surface area contributed by atoms with Crippen LogP contribution in [0.25, 0.3) is 0 Å². The molecule has 2 rings (SSSR count). The Bertz CT molecular complexity index is 617. The topological polar surface area (TPSA) is 75.9 Å². The maximum Gasteiger partial charge on any atom is 0.416 e. The number of anilines is 3. The van der Waals surface area contributed by atoms with Crippen molar-refractivity contribution >= 4 is 33.4 Å². The van der Waals surface area contributed by atoms with Gasteiger partial charge in [-0.3, -0.25) is 5.43 Å². The van der Waals surface area contributed by atoms with Crippen LogP contribution >= 0.6 is 15.9 Å². The van der Waals surface area contributed by atoms with Crippen molar-refractivity contribution in [3.05, 3.63) is 40.5 Å². The van der Waals surface area contributed by atoms with Crippen molar-refractivity contribution < 1.29 is 13.2 Å². The third kappa shape index (κ3) is 3.36. The minimum absolute atomic E-state index is 0.141. The number of hydrogen-bond acceptors (Lipinski definition) is 5. The van der Waals surface area contributed by atoms with Crippen LogP contribution in [-0.4, -0.2) is 9.97 Å². The Morgan fingerprint density at radius 2 is 2.00 bits per heavy atom. The van der Waals surface area contributed by atoms with Crippen LogP contribution in [-0.2, 0) is 6.18 Å². The summed E-state index contributed by atoms with van der Waals surface area (Å²) in [6.07, 6.45) is -2.97. The Kier molecular flexibility index (Phi) is 4.09. The number of hydrazine groups is 1. The molecule has 2 aromatic rings. The predicted molar refractivity (Wildman–Crippen MR) is 72.3 cm³/mol. The quantitative estimate of drug-likeness (QED) is 0.586. The number of nitrogen functional groups attached to an aromatic ring is 1.